The van der Waals surface area contributed by atoms with Gasteiger partial charge in [-0.2, -0.15) is 0 Å². The molecule has 0 unspecified atom stereocenters. The average molecular weight is 183 g/mol. The monoisotopic (exact) mass is 183 g/mol. The summed E-state index contributed by atoms with van der Waals surface area (Å²) in [6.07, 6.45) is 5.28. The smallest absolute Gasteiger partial charge is 0.159 e. The molecule has 2 rings (SSSR count). The summed E-state index contributed by atoms with van der Waals surface area (Å²) in [7, 11) is 0. The molecule has 72 valence electrons. The Morgan fingerprint density at radius 3 is 2.92 bits per heavy atom. The van der Waals surface area contributed by atoms with Crippen LogP contribution in [-0.4, -0.2) is 34.5 Å². The van der Waals surface area contributed by atoms with Crippen molar-refractivity contribution in [1.29, 1.82) is 0 Å². The van der Waals surface area contributed by atoms with Crippen molar-refractivity contribution in [2.24, 2.45) is 0 Å². The van der Waals surface area contributed by atoms with Gasteiger partial charge in [-0.1, -0.05) is 5.21 Å². The Kier molecular flexibility index (Phi) is 2.89. The minimum absolute atomic E-state index is 0.0575. The predicted molar refractivity (Wildman–Crippen MR) is 44.9 cm³/mol. The quantitative estimate of drug-likeness (QED) is 0.682. The fraction of sp³-hybridized carbons (Fsp3) is 0.750. The lowest BCUT2D eigenvalue weighted by Gasteiger charge is -2.22. The summed E-state index contributed by atoms with van der Waals surface area (Å²) in [5.74, 6) is 0. The summed E-state index contributed by atoms with van der Waals surface area (Å²) >= 11 is 0. The van der Waals surface area contributed by atoms with Crippen molar-refractivity contribution in [3.05, 3.63) is 12.4 Å². The standard InChI is InChI=1S/C8H13N3O2/c1-6-12-8(13-7-1)2-4-11-5-3-9-10-11/h3,5,8H,1-2,4,6-7H2. The summed E-state index contributed by atoms with van der Waals surface area (Å²) in [5.41, 5.74) is 0. The number of hydrogen-bond donors (Lipinski definition) is 0. The molecule has 1 fully saturated rings. The summed E-state index contributed by atoms with van der Waals surface area (Å²) in [4.78, 5) is 0. The molecule has 0 spiro atoms. The van der Waals surface area contributed by atoms with Crippen LogP contribution in [0, 0.1) is 0 Å². The van der Waals surface area contributed by atoms with Crippen LogP contribution in [-0.2, 0) is 16.0 Å². The number of hydrogen-bond acceptors (Lipinski definition) is 4. The minimum Gasteiger partial charge on any atom is -0.353 e. The van der Waals surface area contributed by atoms with Crippen molar-refractivity contribution in [3.8, 4) is 0 Å². The second-order valence-corrected chi connectivity index (χ2v) is 2.98. The van der Waals surface area contributed by atoms with Gasteiger partial charge in [0.1, 0.15) is 0 Å². The molecule has 0 saturated carbocycles. The summed E-state index contributed by atoms with van der Waals surface area (Å²) in [5, 5.41) is 7.57. The van der Waals surface area contributed by atoms with Crippen molar-refractivity contribution in [3.63, 3.8) is 0 Å². The van der Waals surface area contributed by atoms with Gasteiger partial charge in [-0.05, 0) is 6.42 Å². The molecule has 0 aliphatic carbocycles. The molecule has 1 aromatic heterocycles. The molecule has 0 radical (unpaired) electrons. The van der Waals surface area contributed by atoms with Crippen molar-refractivity contribution in [2.45, 2.75) is 25.7 Å². The molecule has 1 aliphatic heterocycles. The van der Waals surface area contributed by atoms with Crippen molar-refractivity contribution in [2.75, 3.05) is 13.2 Å². The first-order chi connectivity index (χ1) is 6.45. The van der Waals surface area contributed by atoms with E-state index in [1.165, 1.54) is 0 Å². The van der Waals surface area contributed by atoms with E-state index in [-0.39, 0.29) is 6.29 Å². The second kappa shape index (κ2) is 4.34. The van der Waals surface area contributed by atoms with E-state index in [0.717, 1.165) is 32.6 Å². The lowest BCUT2D eigenvalue weighted by molar-refractivity contribution is -0.182. The summed E-state index contributed by atoms with van der Waals surface area (Å²) in [6, 6.07) is 0. The van der Waals surface area contributed by atoms with E-state index >= 15 is 0 Å². The van der Waals surface area contributed by atoms with Gasteiger partial charge < -0.3 is 9.47 Å². The van der Waals surface area contributed by atoms with Crippen LogP contribution in [0.15, 0.2) is 12.4 Å². The average Bonchev–Trinajstić information content (AvgIpc) is 2.69. The van der Waals surface area contributed by atoms with Crippen LogP contribution in [0.2, 0.25) is 0 Å². The van der Waals surface area contributed by atoms with E-state index in [4.69, 9.17) is 9.47 Å². The molecule has 1 saturated heterocycles. The highest BCUT2D eigenvalue weighted by Crippen LogP contribution is 2.08. The zero-order chi connectivity index (χ0) is 8.93. The van der Waals surface area contributed by atoms with Crippen LogP contribution in [0.5, 0.6) is 0 Å². The van der Waals surface area contributed by atoms with E-state index in [9.17, 15) is 0 Å². The number of nitrogens with zero attached hydrogens (tertiary/aromatic N) is 3. The van der Waals surface area contributed by atoms with Crippen LogP contribution in [0.1, 0.15) is 12.8 Å². The highest BCUT2D eigenvalue weighted by atomic mass is 16.7. The number of ether oxygens (including phenoxy) is 2. The Morgan fingerprint density at radius 1 is 1.38 bits per heavy atom. The molecule has 0 atom stereocenters. The summed E-state index contributed by atoms with van der Waals surface area (Å²) < 4.78 is 12.6. The molecule has 0 amide bonds. The zero-order valence-electron chi connectivity index (χ0n) is 7.43. The van der Waals surface area contributed by atoms with Crippen molar-refractivity contribution < 1.29 is 9.47 Å². The van der Waals surface area contributed by atoms with E-state index in [1.54, 1.807) is 10.9 Å². The van der Waals surface area contributed by atoms with Gasteiger partial charge in [0, 0.05) is 19.2 Å². The molecule has 0 N–H and O–H groups in total. The first-order valence-electron chi connectivity index (χ1n) is 4.52. The lowest BCUT2D eigenvalue weighted by atomic mass is 10.3. The Bertz CT molecular complexity index is 232. The third-order valence-corrected chi connectivity index (χ3v) is 1.96. The Hall–Kier alpha value is -0.940. The molecule has 13 heavy (non-hydrogen) atoms. The Balaban J connectivity index is 1.72. The topological polar surface area (TPSA) is 49.2 Å². The normalized spacial score (nSPS) is 19.1. The van der Waals surface area contributed by atoms with E-state index in [1.807, 2.05) is 6.20 Å². The van der Waals surface area contributed by atoms with Gasteiger partial charge in [0.15, 0.2) is 6.29 Å². The molecule has 0 bridgehead atoms. The van der Waals surface area contributed by atoms with Crippen LogP contribution in [0.4, 0.5) is 0 Å². The molecular weight excluding hydrogens is 170 g/mol. The lowest BCUT2D eigenvalue weighted by Crippen LogP contribution is -2.26. The van der Waals surface area contributed by atoms with Crippen LogP contribution < -0.4 is 0 Å². The minimum atomic E-state index is -0.0575. The highest BCUT2D eigenvalue weighted by Gasteiger charge is 2.13. The Morgan fingerprint density at radius 2 is 2.23 bits per heavy atom. The fourth-order valence-corrected chi connectivity index (χ4v) is 1.29. The molecule has 5 heteroatoms. The third kappa shape index (κ3) is 2.50. The molecule has 2 heterocycles. The van der Waals surface area contributed by atoms with Gasteiger partial charge in [0.2, 0.25) is 0 Å². The maximum atomic E-state index is 5.39. The SMILES string of the molecule is c1cn(CCC2OCCCO2)nn1. The third-order valence-electron chi connectivity index (χ3n) is 1.96. The van der Waals surface area contributed by atoms with Crippen molar-refractivity contribution in [1.82, 2.24) is 15.0 Å². The van der Waals surface area contributed by atoms with Gasteiger partial charge in [-0.25, -0.2) is 0 Å². The van der Waals surface area contributed by atoms with Gasteiger partial charge in [-0.15, -0.1) is 5.10 Å². The fourth-order valence-electron chi connectivity index (χ4n) is 1.29. The summed E-state index contributed by atoms with van der Waals surface area (Å²) in [6.45, 7) is 2.41. The highest BCUT2D eigenvalue weighted by molar-refractivity contribution is 4.64. The predicted octanol–water partition coefficient (Wildman–Crippen LogP) is 0.431. The van der Waals surface area contributed by atoms with Crippen LogP contribution >= 0.6 is 0 Å². The van der Waals surface area contributed by atoms with Gasteiger partial charge in [0.05, 0.1) is 19.4 Å². The van der Waals surface area contributed by atoms with Gasteiger partial charge in [0.25, 0.3) is 0 Å². The molecular formula is C8H13N3O2. The number of aryl methyl sites for hydroxylation is 1. The van der Waals surface area contributed by atoms with Gasteiger partial charge >= 0.3 is 0 Å². The Labute approximate surface area is 76.6 Å². The van der Waals surface area contributed by atoms with E-state index in [0.29, 0.717) is 0 Å². The van der Waals surface area contributed by atoms with E-state index in [2.05, 4.69) is 10.3 Å². The van der Waals surface area contributed by atoms with Crippen molar-refractivity contribution >= 4 is 0 Å². The molecule has 1 aromatic rings. The van der Waals surface area contributed by atoms with Crippen LogP contribution in [0.25, 0.3) is 0 Å². The maximum absolute atomic E-state index is 5.39. The number of aromatic nitrogens is 3. The van der Waals surface area contributed by atoms with Crippen LogP contribution in [0.3, 0.4) is 0 Å². The molecule has 5 nitrogen and oxygen atoms in total. The zero-order valence-corrected chi connectivity index (χ0v) is 7.43. The number of rotatable bonds is 3. The largest absolute Gasteiger partial charge is 0.353 e. The molecule has 1 aliphatic rings. The van der Waals surface area contributed by atoms with Gasteiger partial charge in [-0.3, -0.25) is 4.68 Å². The first kappa shape index (κ1) is 8.65. The molecule has 0 aromatic carbocycles. The second-order valence-electron chi connectivity index (χ2n) is 2.98. The maximum Gasteiger partial charge on any atom is 0.159 e. The first-order valence-corrected chi connectivity index (χ1v) is 4.52. The van der Waals surface area contributed by atoms with E-state index < -0.39 is 0 Å².